The molecule has 0 aliphatic heterocycles. The van der Waals surface area contributed by atoms with Crippen LogP contribution in [0.1, 0.15) is 5.76 Å². The molecule has 2 aromatic heterocycles. The third-order valence-corrected chi connectivity index (χ3v) is 6.41. The summed E-state index contributed by atoms with van der Waals surface area (Å²) in [6.45, 7) is -0.0585. The van der Waals surface area contributed by atoms with E-state index in [1.54, 1.807) is 12.1 Å². The number of halogens is 5. The van der Waals surface area contributed by atoms with E-state index in [2.05, 4.69) is 10.1 Å². The molecule has 0 amide bonds. The number of rotatable bonds is 6. The smallest absolute Gasteiger partial charge is 0.293 e. The highest BCUT2D eigenvalue weighted by molar-refractivity contribution is 6.55. The summed E-state index contributed by atoms with van der Waals surface area (Å²) in [7, 11) is 0. The Bertz CT molecular complexity index is 1290. The summed E-state index contributed by atoms with van der Waals surface area (Å²) in [4.78, 5) is 14.5. The van der Waals surface area contributed by atoms with Crippen LogP contribution in [0, 0.1) is 10.1 Å². The fourth-order valence-corrected chi connectivity index (χ4v) is 3.83. The van der Waals surface area contributed by atoms with E-state index < -0.39 is 4.92 Å². The minimum absolute atomic E-state index is 0.0162. The first-order valence-corrected chi connectivity index (χ1v) is 10.5. The number of nitro groups is 1. The van der Waals surface area contributed by atoms with E-state index in [9.17, 15) is 10.1 Å². The van der Waals surface area contributed by atoms with Crippen LogP contribution in [0.3, 0.4) is 0 Å². The van der Waals surface area contributed by atoms with E-state index in [4.69, 9.17) is 71.7 Å². The molecule has 0 unspecified atom stereocenters. The summed E-state index contributed by atoms with van der Waals surface area (Å²) < 4.78 is 16.5. The number of hydrogen-bond donors (Lipinski definition) is 0. The average Bonchev–Trinajstić information content (AvgIpc) is 3.46. The highest BCUT2D eigenvalue weighted by Gasteiger charge is 2.21. The number of hydrogen-bond acceptors (Lipinski definition) is 7. The van der Waals surface area contributed by atoms with Gasteiger partial charge in [-0.3, -0.25) is 10.1 Å². The van der Waals surface area contributed by atoms with E-state index in [1.807, 2.05) is 0 Å². The van der Waals surface area contributed by atoms with Crippen molar-refractivity contribution in [1.29, 1.82) is 0 Å². The van der Waals surface area contributed by atoms with Gasteiger partial charge in [0.05, 0.1) is 20.0 Å². The maximum atomic E-state index is 10.8. The molecule has 0 saturated carbocycles. The van der Waals surface area contributed by atoms with Gasteiger partial charge in [-0.15, -0.1) is 0 Å². The van der Waals surface area contributed by atoms with Crippen molar-refractivity contribution in [3.05, 3.63) is 77.4 Å². The van der Waals surface area contributed by atoms with Gasteiger partial charge in [-0.2, -0.15) is 4.98 Å². The van der Waals surface area contributed by atoms with Gasteiger partial charge in [-0.05, 0) is 24.3 Å². The number of nitrogens with zero attached hydrogens (tertiary/aromatic N) is 3. The Morgan fingerprint density at radius 1 is 0.906 bits per heavy atom. The van der Waals surface area contributed by atoms with E-state index in [-0.39, 0.29) is 60.6 Å². The van der Waals surface area contributed by atoms with Crippen LogP contribution in [0.15, 0.2) is 45.3 Å². The average molecular weight is 536 g/mol. The predicted octanol–water partition coefficient (Wildman–Crippen LogP) is 7.75. The zero-order valence-electron chi connectivity index (χ0n) is 15.4. The molecule has 2 aromatic carbocycles. The van der Waals surface area contributed by atoms with Crippen LogP contribution in [-0.2, 0) is 6.61 Å². The molecule has 0 fully saturated rings. The first-order chi connectivity index (χ1) is 15.3. The molecule has 4 rings (SSSR count). The number of furan rings is 1. The van der Waals surface area contributed by atoms with Crippen LogP contribution in [0.25, 0.3) is 23.0 Å². The molecular weight excluding hydrogens is 527 g/mol. The second-order valence-electron chi connectivity index (χ2n) is 6.18. The van der Waals surface area contributed by atoms with Crippen molar-refractivity contribution in [3.8, 4) is 28.8 Å². The quantitative estimate of drug-likeness (QED) is 0.108. The van der Waals surface area contributed by atoms with Crippen molar-refractivity contribution >= 4 is 63.7 Å². The Hall–Kier alpha value is -2.49. The van der Waals surface area contributed by atoms with Gasteiger partial charge < -0.3 is 13.7 Å². The monoisotopic (exact) mass is 533 g/mol. The van der Waals surface area contributed by atoms with Gasteiger partial charge in [0.2, 0.25) is 5.82 Å². The van der Waals surface area contributed by atoms with Gasteiger partial charge in [0.15, 0.2) is 11.5 Å². The Morgan fingerprint density at radius 2 is 1.53 bits per heavy atom. The summed E-state index contributed by atoms with van der Waals surface area (Å²) in [5.74, 6) is 1.09. The molecule has 0 saturated heterocycles. The molecule has 8 nitrogen and oxygen atoms in total. The van der Waals surface area contributed by atoms with Crippen LogP contribution < -0.4 is 4.74 Å². The minimum Gasteiger partial charge on any atom is -0.482 e. The first-order valence-electron chi connectivity index (χ1n) is 8.58. The molecule has 2 heterocycles. The zero-order chi connectivity index (χ0) is 23.0. The van der Waals surface area contributed by atoms with Crippen molar-refractivity contribution in [2.24, 2.45) is 0 Å². The molecule has 0 atom stereocenters. The SMILES string of the molecule is O=[N+]([O-])c1ccc(-c2noc(-c3ccc(COc4c(Cl)c(Cl)c(Cl)c(Cl)c4Cl)o3)n2)cc1. The fourth-order valence-electron chi connectivity index (χ4n) is 2.60. The van der Waals surface area contributed by atoms with Crippen molar-refractivity contribution in [3.63, 3.8) is 0 Å². The normalized spacial score (nSPS) is 11.0. The molecule has 13 heteroatoms. The lowest BCUT2D eigenvalue weighted by Crippen LogP contribution is -1.96. The Balaban J connectivity index is 1.50. The molecule has 0 aliphatic carbocycles. The maximum absolute atomic E-state index is 10.8. The largest absolute Gasteiger partial charge is 0.482 e. The Labute approximate surface area is 204 Å². The number of nitro benzene ring substituents is 1. The molecule has 32 heavy (non-hydrogen) atoms. The second kappa shape index (κ2) is 9.17. The van der Waals surface area contributed by atoms with E-state index in [1.165, 1.54) is 24.3 Å². The molecule has 0 radical (unpaired) electrons. The van der Waals surface area contributed by atoms with Crippen LogP contribution in [0.4, 0.5) is 5.69 Å². The standard InChI is InChI=1S/C19H8Cl5N3O5/c20-12-13(21)15(23)17(16(24)14(12)22)30-7-10-5-6-11(31-10)19-25-18(26-32-19)8-1-3-9(4-2-8)27(28)29/h1-6H,7H2. The fraction of sp³-hybridized carbons (Fsp3) is 0.0526. The summed E-state index contributed by atoms with van der Waals surface area (Å²) >= 11 is 30.3. The van der Waals surface area contributed by atoms with E-state index >= 15 is 0 Å². The lowest BCUT2D eigenvalue weighted by Gasteiger charge is -2.12. The summed E-state index contributed by atoms with van der Waals surface area (Å²) in [6.07, 6.45) is 0. The number of ether oxygens (including phenoxy) is 1. The Kier molecular flexibility index (Phi) is 6.50. The van der Waals surface area contributed by atoms with Crippen molar-refractivity contribution in [1.82, 2.24) is 10.1 Å². The number of non-ortho nitro benzene ring substituents is 1. The zero-order valence-corrected chi connectivity index (χ0v) is 19.2. The van der Waals surface area contributed by atoms with Gasteiger partial charge in [0.1, 0.15) is 22.4 Å². The van der Waals surface area contributed by atoms with Gasteiger partial charge in [0.25, 0.3) is 11.6 Å². The van der Waals surface area contributed by atoms with Gasteiger partial charge in [-0.25, -0.2) is 0 Å². The minimum atomic E-state index is -0.496. The van der Waals surface area contributed by atoms with Crippen molar-refractivity contribution in [2.75, 3.05) is 0 Å². The maximum Gasteiger partial charge on any atom is 0.293 e. The second-order valence-corrected chi connectivity index (χ2v) is 8.07. The molecule has 0 N–H and O–H groups in total. The molecule has 4 aromatic rings. The topological polar surface area (TPSA) is 104 Å². The number of aromatic nitrogens is 2. The molecular formula is C19H8Cl5N3O5. The third-order valence-electron chi connectivity index (χ3n) is 4.16. The highest BCUT2D eigenvalue weighted by Crippen LogP contribution is 2.48. The van der Waals surface area contributed by atoms with Crippen LogP contribution in [0.5, 0.6) is 5.75 Å². The van der Waals surface area contributed by atoms with Gasteiger partial charge in [-0.1, -0.05) is 63.2 Å². The molecule has 0 spiro atoms. The highest BCUT2D eigenvalue weighted by atomic mass is 35.5. The first kappa shape index (κ1) is 22.7. The summed E-state index contributed by atoms with van der Waals surface area (Å²) in [5.41, 5.74) is 0.498. The predicted molar refractivity (Wildman–Crippen MR) is 120 cm³/mol. The Morgan fingerprint density at radius 3 is 2.16 bits per heavy atom. The van der Waals surface area contributed by atoms with Crippen molar-refractivity contribution in [2.45, 2.75) is 6.61 Å². The van der Waals surface area contributed by atoms with Crippen LogP contribution >= 0.6 is 58.0 Å². The van der Waals surface area contributed by atoms with Crippen molar-refractivity contribution < 1.29 is 18.6 Å². The molecule has 164 valence electrons. The lowest BCUT2D eigenvalue weighted by molar-refractivity contribution is -0.384. The lowest BCUT2D eigenvalue weighted by atomic mass is 10.2. The molecule has 0 bridgehead atoms. The molecule has 0 aliphatic rings. The van der Waals surface area contributed by atoms with E-state index in [0.717, 1.165) is 0 Å². The van der Waals surface area contributed by atoms with Gasteiger partial charge in [0, 0.05) is 17.7 Å². The third kappa shape index (κ3) is 4.37. The summed E-state index contributed by atoms with van der Waals surface area (Å²) in [6, 6.07) is 8.97. The van der Waals surface area contributed by atoms with E-state index in [0.29, 0.717) is 11.3 Å². The van der Waals surface area contributed by atoms with Crippen LogP contribution in [-0.4, -0.2) is 15.1 Å². The number of benzene rings is 2. The van der Waals surface area contributed by atoms with Gasteiger partial charge >= 0.3 is 0 Å². The van der Waals surface area contributed by atoms with Crippen LogP contribution in [0.2, 0.25) is 25.1 Å². The summed E-state index contributed by atoms with van der Waals surface area (Å²) in [5, 5.41) is 14.7.